The van der Waals surface area contributed by atoms with Crippen molar-refractivity contribution in [2.75, 3.05) is 6.54 Å². The van der Waals surface area contributed by atoms with Crippen LogP contribution in [0.5, 0.6) is 5.75 Å². The lowest BCUT2D eigenvalue weighted by atomic mass is 10.1. The van der Waals surface area contributed by atoms with Gasteiger partial charge in [-0.2, -0.15) is 0 Å². The molecule has 0 radical (unpaired) electrons. The summed E-state index contributed by atoms with van der Waals surface area (Å²) in [6.07, 6.45) is 0. The Morgan fingerprint density at radius 3 is 2.26 bits per heavy atom. The van der Waals surface area contributed by atoms with Gasteiger partial charge in [-0.3, -0.25) is 4.79 Å². The van der Waals surface area contributed by atoms with Crippen molar-refractivity contribution in [1.82, 2.24) is 4.90 Å². The second-order valence-electron chi connectivity index (χ2n) is 5.87. The smallest absolute Gasteiger partial charge is 0.266 e. The molecular formula is C19H22ClNO2. The van der Waals surface area contributed by atoms with Crippen LogP contribution < -0.4 is 4.74 Å². The summed E-state index contributed by atoms with van der Waals surface area (Å²) in [7, 11) is 0. The van der Waals surface area contributed by atoms with Crippen molar-refractivity contribution in [1.29, 1.82) is 0 Å². The quantitative estimate of drug-likeness (QED) is 0.777. The van der Waals surface area contributed by atoms with Gasteiger partial charge in [0.15, 0.2) is 5.60 Å². The molecule has 0 aliphatic heterocycles. The van der Waals surface area contributed by atoms with Gasteiger partial charge < -0.3 is 9.64 Å². The number of carbonyl (C=O) groups is 1. The van der Waals surface area contributed by atoms with E-state index in [0.29, 0.717) is 23.9 Å². The van der Waals surface area contributed by atoms with Crippen LogP contribution in [0.4, 0.5) is 0 Å². The maximum absolute atomic E-state index is 12.8. The molecule has 2 rings (SSSR count). The summed E-state index contributed by atoms with van der Waals surface area (Å²) < 4.78 is 5.89. The van der Waals surface area contributed by atoms with Gasteiger partial charge in [0, 0.05) is 18.1 Å². The number of likely N-dealkylation sites (N-methyl/N-ethyl adjacent to an activating group) is 1. The van der Waals surface area contributed by atoms with Gasteiger partial charge in [-0.05, 0) is 50.6 Å². The summed E-state index contributed by atoms with van der Waals surface area (Å²) in [6, 6.07) is 17.0. The lowest BCUT2D eigenvalue weighted by Crippen LogP contribution is -2.48. The molecule has 1 amide bonds. The fourth-order valence-electron chi connectivity index (χ4n) is 2.35. The van der Waals surface area contributed by atoms with Crippen LogP contribution in [-0.4, -0.2) is 23.0 Å². The average Bonchev–Trinajstić information content (AvgIpc) is 2.55. The molecule has 0 heterocycles. The summed E-state index contributed by atoms with van der Waals surface area (Å²) >= 11 is 5.88. The minimum Gasteiger partial charge on any atom is -0.478 e. The Balaban J connectivity index is 2.09. The number of amides is 1. The summed E-state index contributed by atoms with van der Waals surface area (Å²) in [6.45, 7) is 6.75. The molecule has 0 spiro atoms. The van der Waals surface area contributed by atoms with Crippen molar-refractivity contribution in [3.8, 4) is 5.75 Å². The Bertz CT molecular complexity index is 638. The third-order valence-corrected chi connectivity index (χ3v) is 3.84. The molecule has 23 heavy (non-hydrogen) atoms. The topological polar surface area (TPSA) is 29.5 Å². The van der Waals surface area contributed by atoms with Crippen LogP contribution in [-0.2, 0) is 11.3 Å². The molecule has 122 valence electrons. The summed E-state index contributed by atoms with van der Waals surface area (Å²) in [5.41, 5.74) is 0.156. The molecule has 0 aromatic heterocycles. The number of ether oxygens (including phenoxy) is 1. The molecule has 0 aliphatic rings. The second kappa shape index (κ2) is 7.51. The minimum atomic E-state index is -0.946. The van der Waals surface area contributed by atoms with Gasteiger partial charge in [0.1, 0.15) is 5.75 Å². The van der Waals surface area contributed by atoms with E-state index >= 15 is 0 Å². The van der Waals surface area contributed by atoms with E-state index in [1.165, 1.54) is 0 Å². The summed E-state index contributed by atoms with van der Waals surface area (Å²) in [4.78, 5) is 14.6. The number of nitrogens with zero attached hydrogens (tertiary/aromatic N) is 1. The van der Waals surface area contributed by atoms with Gasteiger partial charge in [0.25, 0.3) is 5.91 Å². The van der Waals surface area contributed by atoms with E-state index in [4.69, 9.17) is 16.3 Å². The molecule has 0 fully saturated rings. The van der Waals surface area contributed by atoms with Gasteiger partial charge in [0.05, 0.1) is 0 Å². The minimum absolute atomic E-state index is 0.0428. The summed E-state index contributed by atoms with van der Waals surface area (Å²) in [5, 5.41) is 0.640. The maximum atomic E-state index is 12.8. The molecule has 0 saturated heterocycles. The van der Waals surface area contributed by atoms with Gasteiger partial charge in [-0.1, -0.05) is 41.9 Å². The van der Waals surface area contributed by atoms with Crippen LogP contribution in [0.15, 0.2) is 54.6 Å². The first-order valence-corrected chi connectivity index (χ1v) is 8.08. The molecule has 4 heteroatoms. The molecule has 2 aromatic rings. The van der Waals surface area contributed by atoms with Crippen LogP contribution in [0.2, 0.25) is 5.02 Å². The molecule has 0 saturated carbocycles. The number of benzene rings is 2. The first-order chi connectivity index (χ1) is 10.9. The van der Waals surface area contributed by atoms with Crippen LogP contribution in [0.1, 0.15) is 26.3 Å². The highest BCUT2D eigenvalue weighted by Gasteiger charge is 2.33. The van der Waals surface area contributed by atoms with Crippen molar-refractivity contribution in [2.45, 2.75) is 32.9 Å². The fraction of sp³-hybridized carbons (Fsp3) is 0.316. The van der Waals surface area contributed by atoms with Gasteiger partial charge in [0.2, 0.25) is 0 Å². The van der Waals surface area contributed by atoms with Crippen molar-refractivity contribution < 1.29 is 9.53 Å². The highest BCUT2D eigenvalue weighted by Crippen LogP contribution is 2.23. The van der Waals surface area contributed by atoms with E-state index < -0.39 is 5.60 Å². The van der Waals surface area contributed by atoms with E-state index in [0.717, 1.165) is 5.56 Å². The lowest BCUT2D eigenvalue weighted by molar-refractivity contribution is -0.145. The van der Waals surface area contributed by atoms with E-state index in [1.54, 1.807) is 43.0 Å². The number of rotatable bonds is 6. The van der Waals surface area contributed by atoms with Gasteiger partial charge in [-0.15, -0.1) is 0 Å². The molecule has 0 atom stereocenters. The molecule has 0 bridgehead atoms. The molecular weight excluding hydrogens is 310 g/mol. The largest absolute Gasteiger partial charge is 0.478 e. The Hall–Kier alpha value is -2.00. The van der Waals surface area contributed by atoms with Crippen LogP contribution in [0.3, 0.4) is 0 Å². The normalized spacial score (nSPS) is 11.1. The van der Waals surface area contributed by atoms with Crippen LogP contribution in [0, 0.1) is 0 Å². The molecule has 0 N–H and O–H groups in total. The van der Waals surface area contributed by atoms with Gasteiger partial charge >= 0.3 is 0 Å². The molecule has 3 nitrogen and oxygen atoms in total. The average molecular weight is 332 g/mol. The number of carbonyl (C=O) groups excluding carboxylic acids is 1. The molecule has 0 unspecified atom stereocenters. The second-order valence-corrected chi connectivity index (χ2v) is 6.31. The monoisotopic (exact) mass is 331 g/mol. The number of hydrogen-bond acceptors (Lipinski definition) is 2. The Morgan fingerprint density at radius 1 is 1.09 bits per heavy atom. The van der Waals surface area contributed by atoms with Crippen molar-refractivity contribution in [3.05, 3.63) is 65.2 Å². The van der Waals surface area contributed by atoms with E-state index in [2.05, 4.69) is 0 Å². The predicted molar refractivity (Wildman–Crippen MR) is 93.7 cm³/mol. The zero-order valence-corrected chi connectivity index (χ0v) is 14.5. The van der Waals surface area contributed by atoms with E-state index in [1.807, 2.05) is 37.3 Å². The van der Waals surface area contributed by atoms with Crippen LogP contribution in [0.25, 0.3) is 0 Å². The zero-order chi connectivity index (χ0) is 16.9. The van der Waals surface area contributed by atoms with Crippen LogP contribution >= 0.6 is 11.6 Å². The van der Waals surface area contributed by atoms with Crippen molar-refractivity contribution in [2.24, 2.45) is 0 Å². The first kappa shape index (κ1) is 17.4. The Morgan fingerprint density at radius 2 is 1.70 bits per heavy atom. The molecule has 2 aromatic carbocycles. The SMILES string of the molecule is CCN(Cc1ccccc1)C(=O)C(C)(C)Oc1ccc(Cl)cc1. The fourth-order valence-corrected chi connectivity index (χ4v) is 2.48. The van der Waals surface area contributed by atoms with E-state index in [-0.39, 0.29) is 5.91 Å². The maximum Gasteiger partial charge on any atom is 0.266 e. The van der Waals surface area contributed by atoms with Crippen molar-refractivity contribution >= 4 is 17.5 Å². The Labute approximate surface area is 142 Å². The number of hydrogen-bond donors (Lipinski definition) is 0. The highest BCUT2D eigenvalue weighted by atomic mass is 35.5. The van der Waals surface area contributed by atoms with Gasteiger partial charge in [-0.25, -0.2) is 0 Å². The Kier molecular flexibility index (Phi) is 5.67. The number of halogens is 1. The standard InChI is InChI=1S/C19H22ClNO2/c1-4-21(14-15-8-6-5-7-9-15)18(22)19(2,3)23-17-12-10-16(20)11-13-17/h5-13H,4,14H2,1-3H3. The third-order valence-electron chi connectivity index (χ3n) is 3.59. The summed E-state index contributed by atoms with van der Waals surface area (Å²) in [5.74, 6) is 0.585. The van der Waals surface area contributed by atoms with Crippen molar-refractivity contribution in [3.63, 3.8) is 0 Å². The molecule has 0 aliphatic carbocycles. The first-order valence-electron chi connectivity index (χ1n) is 7.70. The van der Waals surface area contributed by atoms with E-state index in [9.17, 15) is 4.79 Å². The zero-order valence-electron chi connectivity index (χ0n) is 13.8. The highest BCUT2D eigenvalue weighted by molar-refractivity contribution is 6.30. The predicted octanol–water partition coefficient (Wildman–Crippen LogP) is 4.55. The third kappa shape index (κ3) is 4.73. The lowest BCUT2D eigenvalue weighted by Gasteiger charge is -2.32.